The normalized spacial score (nSPS) is 32.6. The van der Waals surface area contributed by atoms with Crippen molar-refractivity contribution in [3.63, 3.8) is 0 Å². The molecule has 1 N–H and O–H groups in total. The summed E-state index contributed by atoms with van der Waals surface area (Å²) in [4.78, 5) is 44.1. The lowest BCUT2D eigenvalue weighted by Crippen LogP contribution is -2.59. The summed E-state index contributed by atoms with van der Waals surface area (Å²) in [6.07, 6.45) is 5.49. The number of carbonyl (C=O) groups is 3. The highest BCUT2D eigenvalue weighted by Crippen LogP contribution is 2.68. The number of hydrogen-bond donors (Lipinski definition) is 1. The number of aliphatic hydroxyl groups excluding tert-OH is 1. The van der Waals surface area contributed by atoms with E-state index in [4.69, 9.17) is 4.74 Å². The molecule has 0 radical (unpaired) electrons. The van der Waals surface area contributed by atoms with Crippen molar-refractivity contribution in [1.82, 2.24) is 9.80 Å². The van der Waals surface area contributed by atoms with Crippen LogP contribution in [0.3, 0.4) is 0 Å². The third-order valence-electron chi connectivity index (χ3n) is 6.82. The first-order valence-corrected chi connectivity index (χ1v) is 13.3. The molecule has 9 heteroatoms. The van der Waals surface area contributed by atoms with Crippen molar-refractivity contribution in [3.05, 3.63) is 25.3 Å². The van der Waals surface area contributed by atoms with Crippen LogP contribution >= 0.6 is 27.7 Å². The van der Waals surface area contributed by atoms with E-state index in [0.29, 0.717) is 19.4 Å². The molecule has 33 heavy (non-hydrogen) atoms. The molecule has 6 atom stereocenters. The first kappa shape index (κ1) is 26.3. The molecule has 3 aliphatic heterocycles. The number of allylic oxidation sites excluding steroid dienone is 1. The third kappa shape index (κ3) is 4.52. The highest BCUT2D eigenvalue weighted by molar-refractivity contribution is 9.09. The Hall–Kier alpha value is -1.32. The van der Waals surface area contributed by atoms with Gasteiger partial charge >= 0.3 is 5.97 Å². The van der Waals surface area contributed by atoms with Crippen molar-refractivity contribution < 1.29 is 24.2 Å². The minimum atomic E-state index is -0.755. The van der Waals surface area contributed by atoms with E-state index in [0.717, 1.165) is 6.42 Å². The van der Waals surface area contributed by atoms with Crippen LogP contribution in [-0.4, -0.2) is 85.4 Å². The lowest BCUT2D eigenvalue weighted by atomic mass is 9.71. The van der Waals surface area contributed by atoms with Gasteiger partial charge in [0.15, 0.2) is 0 Å². The van der Waals surface area contributed by atoms with Crippen molar-refractivity contribution in [2.24, 2.45) is 11.8 Å². The zero-order valence-electron chi connectivity index (χ0n) is 19.7. The Labute approximate surface area is 209 Å². The third-order valence-corrected chi connectivity index (χ3v) is 10.0. The van der Waals surface area contributed by atoms with Crippen molar-refractivity contribution in [2.45, 2.75) is 66.4 Å². The molecule has 0 aromatic heterocycles. The van der Waals surface area contributed by atoms with Gasteiger partial charge in [-0.2, -0.15) is 0 Å². The van der Waals surface area contributed by atoms with Crippen LogP contribution in [0.25, 0.3) is 0 Å². The van der Waals surface area contributed by atoms with Crippen LogP contribution in [0.1, 0.15) is 40.0 Å². The quantitative estimate of drug-likeness (QED) is 0.197. The minimum absolute atomic E-state index is 0.0101. The summed E-state index contributed by atoms with van der Waals surface area (Å²) < 4.78 is 4.83. The molecule has 0 aliphatic carbocycles. The summed E-state index contributed by atoms with van der Waals surface area (Å²) in [6, 6.07) is -0.755. The van der Waals surface area contributed by atoms with Gasteiger partial charge in [-0.3, -0.25) is 14.4 Å². The monoisotopic (exact) mass is 542 g/mol. The summed E-state index contributed by atoms with van der Waals surface area (Å²) in [5, 5.41) is 9.58. The molecule has 0 aromatic carbocycles. The number of thioether (sulfide) groups is 1. The van der Waals surface area contributed by atoms with E-state index < -0.39 is 28.2 Å². The zero-order chi connectivity index (χ0) is 24.6. The summed E-state index contributed by atoms with van der Waals surface area (Å²) in [5.41, 5.74) is -0.480. The molecule has 7 nitrogen and oxygen atoms in total. The summed E-state index contributed by atoms with van der Waals surface area (Å²) in [7, 11) is 0. The maximum atomic E-state index is 14.0. The van der Waals surface area contributed by atoms with Gasteiger partial charge in [0.2, 0.25) is 11.8 Å². The van der Waals surface area contributed by atoms with Crippen LogP contribution in [0.2, 0.25) is 0 Å². The number of halogens is 1. The fourth-order valence-corrected chi connectivity index (χ4v) is 9.09. The van der Waals surface area contributed by atoms with Crippen LogP contribution < -0.4 is 0 Å². The fourth-order valence-electron chi connectivity index (χ4n) is 5.49. The number of esters is 1. The van der Waals surface area contributed by atoms with Gasteiger partial charge in [0.05, 0.1) is 29.8 Å². The van der Waals surface area contributed by atoms with Gasteiger partial charge in [0, 0.05) is 28.7 Å². The summed E-state index contributed by atoms with van der Waals surface area (Å²) in [6.45, 7) is 13.8. The van der Waals surface area contributed by atoms with E-state index in [1.54, 1.807) is 28.8 Å². The van der Waals surface area contributed by atoms with Crippen molar-refractivity contribution in [3.8, 4) is 0 Å². The average molecular weight is 544 g/mol. The number of rotatable bonds is 10. The number of nitrogens with zero attached hydrogens (tertiary/aromatic N) is 2. The number of carbonyl (C=O) groups excluding carboxylic acids is 3. The van der Waals surface area contributed by atoms with Gasteiger partial charge in [0.25, 0.3) is 0 Å². The summed E-state index contributed by atoms with van der Waals surface area (Å²) in [5.74, 6) is -2.04. The van der Waals surface area contributed by atoms with Gasteiger partial charge in [0.1, 0.15) is 6.04 Å². The number of aliphatic hydroxyl groups is 1. The number of likely N-dealkylation sites (tertiary alicyclic amines) is 1. The predicted octanol–water partition coefficient (Wildman–Crippen LogP) is 2.77. The standard InChI is InChI=1S/C24H35BrN2O5S/c1-6-8-9-13-32-22(31)16-17-20(29)26(11-12-28)19(24(17)14-15(25)18(16)33-24)21(30)27(10-7-2)23(3,4)5/h6-7,15-19,28H,1-2,8-14H2,3-5H3/t15?,16-,17+,18-,19?,24?/m1/s1. The fraction of sp³-hybridized carbons (Fsp3) is 0.708. The van der Waals surface area contributed by atoms with E-state index >= 15 is 0 Å². The lowest BCUT2D eigenvalue weighted by Gasteiger charge is -2.42. The number of alkyl halides is 1. The Balaban J connectivity index is 1.98. The van der Waals surface area contributed by atoms with E-state index in [9.17, 15) is 19.5 Å². The molecule has 3 aliphatic rings. The molecule has 3 rings (SSSR count). The number of amides is 2. The molecule has 3 heterocycles. The molecular formula is C24H35BrN2O5S. The van der Waals surface area contributed by atoms with Crippen LogP contribution in [0, 0.1) is 11.8 Å². The second-order valence-corrected chi connectivity index (χ2v) is 12.6. The molecule has 0 saturated carbocycles. The van der Waals surface area contributed by atoms with Crippen LogP contribution in [0.4, 0.5) is 0 Å². The first-order chi connectivity index (χ1) is 15.5. The number of β-amino-alcohol motifs (C(OH)–C–C–N with tert-alkyl or cyclic N) is 1. The van der Waals surface area contributed by atoms with Crippen LogP contribution in [-0.2, 0) is 19.1 Å². The number of fused-ring (bicyclic) bond motifs is 1. The highest BCUT2D eigenvalue weighted by Gasteiger charge is 2.76. The second kappa shape index (κ2) is 10.1. The van der Waals surface area contributed by atoms with Gasteiger partial charge in [-0.05, 0) is 40.0 Å². The zero-order valence-corrected chi connectivity index (χ0v) is 22.1. The molecule has 3 fully saturated rings. The average Bonchev–Trinajstić information content (AvgIpc) is 3.32. The van der Waals surface area contributed by atoms with E-state index in [2.05, 4.69) is 29.1 Å². The lowest BCUT2D eigenvalue weighted by molar-refractivity contribution is -0.154. The summed E-state index contributed by atoms with van der Waals surface area (Å²) >= 11 is 5.30. The Kier molecular flexibility index (Phi) is 8.06. The van der Waals surface area contributed by atoms with E-state index in [1.165, 1.54) is 4.90 Å². The second-order valence-electron chi connectivity index (χ2n) is 9.93. The predicted molar refractivity (Wildman–Crippen MR) is 133 cm³/mol. The van der Waals surface area contributed by atoms with Crippen LogP contribution in [0.5, 0.6) is 0 Å². The Bertz CT molecular complexity index is 815. The van der Waals surface area contributed by atoms with Crippen molar-refractivity contribution in [2.75, 3.05) is 26.3 Å². The maximum absolute atomic E-state index is 14.0. The molecule has 184 valence electrons. The Morgan fingerprint density at radius 1 is 1.36 bits per heavy atom. The SMILES string of the molecule is C=CCCCOC(=O)[C@H]1[C@@H]2SC3(CC2Br)C(C(=O)N(CC=C)C(C)(C)C)N(CCO)C(=O)[C@H]13. The molecule has 2 bridgehead atoms. The Morgan fingerprint density at radius 3 is 2.64 bits per heavy atom. The number of unbranched alkanes of at least 4 members (excludes halogenated alkanes) is 1. The van der Waals surface area contributed by atoms with Gasteiger partial charge in [-0.25, -0.2) is 0 Å². The van der Waals surface area contributed by atoms with Gasteiger partial charge in [-0.1, -0.05) is 28.1 Å². The Morgan fingerprint density at radius 2 is 2.06 bits per heavy atom. The van der Waals surface area contributed by atoms with Crippen molar-refractivity contribution in [1.29, 1.82) is 0 Å². The van der Waals surface area contributed by atoms with Crippen molar-refractivity contribution >= 4 is 45.5 Å². The maximum Gasteiger partial charge on any atom is 0.310 e. The smallest absolute Gasteiger partial charge is 0.310 e. The topological polar surface area (TPSA) is 87.2 Å². The number of ether oxygens (including phenoxy) is 1. The molecule has 0 aromatic rings. The number of hydrogen-bond acceptors (Lipinski definition) is 6. The molecule has 3 unspecified atom stereocenters. The van der Waals surface area contributed by atoms with E-state index in [-0.39, 0.29) is 47.6 Å². The molecule has 1 spiro atoms. The van der Waals surface area contributed by atoms with Gasteiger partial charge in [-0.15, -0.1) is 24.9 Å². The molecule has 3 saturated heterocycles. The van der Waals surface area contributed by atoms with E-state index in [1.807, 2.05) is 20.8 Å². The van der Waals surface area contributed by atoms with Gasteiger partial charge < -0.3 is 19.6 Å². The van der Waals surface area contributed by atoms with Crippen LogP contribution in [0.15, 0.2) is 25.3 Å². The largest absolute Gasteiger partial charge is 0.465 e. The minimum Gasteiger partial charge on any atom is -0.465 e. The molecular weight excluding hydrogens is 508 g/mol. The first-order valence-electron chi connectivity index (χ1n) is 11.5. The molecule has 2 amide bonds. The highest BCUT2D eigenvalue weighted by atomic mass is 79.9.